The van der Waals surface area contributed by atoms with Gasteiger partial charge in [0.25, 0.3) is 0 Å². The van der Waals surface area contributed by atoms with Crippen molar-refractivity contribution in [1.82, 2.24) is 0 Å². The Hall–Kier alpha value is -1.27. The highest BCUT2D eigenvalue weighted by Crippen LogP contribution is 2.37. The number of Topliss-reactive ketones (excluding diaryl/α,β-unsaturated/α-hetero) is 1. The summed E-state index contributed by atoms with van der Waals surface area (Å²) >= 11 is 0. The van der Waals surface area contributed by atoms with Crippen LogP contribution in [0.1, 0.15) is 17.3 Å². The Labute approximate surface area is 112 Å². The molecule has 0 amide bonds. The number of nitrogens with zero attached hydrogens (tertiary/aromatic N) is 1. The van der Waals surface area contributed by atoms with E-state index in [0.29, 0.717) is 5.56 Å². The van der Waals surface area contributed by atoms with Crippen LogP contribution < -0.4 is 0 Å². The molecule has 1 aromatic rings. The highest BCUT2D eigenvalue weighted by Gasteiger charge is 2.55. The van der Waals surface area contributed by atoms with Crippen molar-refractivity contribution in [2.24, 2.45) is 5.92 Å². The maximum atomic E-state index is 12.5. The van der Waals surface area contributed by atoms with Gasteiger partial charge in [0.1, 0.15) is 0 Å². The Bertz CT molecular complexity index is 448. The molecule has 0 bridgehead atoms. The van der Waals surface area contributed by atoms with E-state index < -0.39 is 16.8 Å². The number of rotatable bonds is 5. The molecule has 1 fully saturated rings. The zero-order valence-corrected chi connectivity index (χ0v) is 11.2. The Balaban J connectivity index is 2.24. The van der Waals surface area contributed by atoms with Crippen LogP contribution in [-0.2, 0) is 4.74 Å². The Kier molecular flexibility index (Phi) is 4.01. The molecule has 5 heteroatoms. The van der Waals surface area contributed by atoms with Gasteiger partial charge in [0.05, 0.1) is 18.6 Å². The number of carbonyl (C=O) groups is 1. The summed E-state index contributed by atoms with van der Waals surface area (Å²) in [5.74, 6) is -0.523. The van der Waals surface area contributed by atoms with Gasteiger partial charge in [-0.1, -0.05) is 30.3 Å². The van der Waals surface area contributed by atoms with Crippen molar-refractivity contribution in [1.29, 1.82) is 0 Å². The van der Waals surface area contributed by atoms with Crippen LogP contribution in [0.2, 0.25) is 0 Å². The monoisotopic (exact) mass is 265 g/mol. The van der Waals surface area contributed by atoms with Gasteiger partial charge < -0.3 is 19.7 Å². The fraction of sp³-hybridized carbons (Fsp3) is 0.500. The average Bonchev–Trinajstić information content (AvgIpc) is 2.37. The Morgan fingerprint density at radius 2 is 2.16 bits per heavy atom. The number of hydrogen-bond acceptors (Lipinski definition) is 4. The maximum absolute atomic E-state index is 12.5. The average molecular weight is 265 g/mol. The molecule has 19 heavy (non-hydrogen) atoms. The summed E-state index contributed by atoms with van der Waals surface area (Å²) in [4.78, 5) is 12.4. The van der Waals surface area contributed by atoms with E-state index in [9.17, 15) is 15.1 Å². The first-order chi connectivity index (χ1) is 8.99. The minimum atomic E-state index is -0.776. The standard InChI is InChI=1S/C14H19NO4/c1-10(16)12-8-15(18,9-19-2)13(12)14(17)11-6-4-3-5-7-11/h3-7,10,12-13,16H,8-9H2,1-2H3/t10?,12-,13+,15+/m0/s1. The van der Waals surface area contributed by atoms with E-state index in [-0.39, 0.29) is 25.0 Å². The molecule has 0 aliphatic carbocycles. The number of carbonyl (C=O) groups excluding carboxylic acids is 1. The number of hydroxylamine groups is 3. The summed E-state index contributed by atoms with van der Waals surface area (Å²) in [6, 6.07) is 7.95. The van der Waals surface area contributed by atoms with Crippen molar-refractivity contribution in [2.45, 2.75) is 19.1 Å². The SMILES string of the molecule is COC[N@+]1([O-])C[C@@H](C(C)O)[C@@H]1C(=O)c1ccccc1. The lowest BCUT2D eigenvalue weighted by molar-refractivity contribution is -0.964. The molecule has 1 unspecified atom stereocenters. The quantitative estimate of drug-likeness (QED) is 0.493. The summed E-state index contributed by atoms with van der Waals surface area (Å²) < 4.78 is 4.21. The van der Waals surface area contributed by atoms with Crippen molar-refractivity contribution in [2.75, 3.05) is 20.4 Å². The van der Waals surface area contributed by atoms with Gasteiger partial charge in [-0.15, -0.1) is 0 Å². The van der Waals surface area contributed by atoms with Crippen LogP contribution in [0.3, 0.4) is 0 Å². The highest BCUT2D eigenvalue weighted by atomic mass is 16.6. The van der Waals surface area contributed by atoms with Gasteiger partial charge in [0, 0.05) is 12.7 Å². The molecule has 0 radical (unpaired) electrons. The van der Waals surface area contributed by atoms with Crippen molar-refractivity contribution in [3.63, 3.8) is 0 Å². The van der Waals surface area contributed by atoms with Crippen molar-refractivity contribution in [3.8, 4) is 0 Å². The zero-order valence-electron chi connectivity index (χ0n) is 11.2. The number of quaternary nitrogens is 1. The number of likely N-dealkylation sites (tertiary alicyclic amines) is 1. The number of aliphatic hydroxyl groups excluding tert-OH is 1. The van der Waals surface area contributed by atoms with E-state index in [1.807, 2.05) is 6.07 Å². The Morgan fingerprint density at radius 3 is 2.68 bits per heavy atom. The molecule has 104 valence electrons. The largest absolute Gasteiger partial charge is 0.631 e. The van der Waals surface area contributed by atoms with E-state index in [0.717, 1.165) is 0 Å². The summed E-state index contributed by atoms with van der Waals surface area (Å²) in [6.45, 7) is 1.77. The van der Waals surface area contributed by atoms with Crippen molar-refractivity contribution >= 4 is 5.78 Å². The third-order valence-corrected chi connectivity index (χ3v) is 3.73. The molecule has 2 rings (SSSR count). The van der Waals surface area contributed by atoms with Gasteiger partial charge in [0.2, 0.25) is 5.78 Å². The summed E-state index contributed by atoms with van der Waals surface area (Å²) in [7, 11) is 1.44. The van der Waals surface area contributed by atoms with E-state index in [1.165, 1.54) is 7.11 Å². The highest BCUT2D eigenvalue weighted by molar-refractivity contribution is 6.00. The third kappa shape index (κ3) is 2.55. The molecule has 0 spiro atoms. The van der Waals surface area contributed by atoms with Crippen LogP contribution in [0, 0.1) is 11.1 Å². The molecule has 4 atom stereocenters. The minimum absolute atomic E-state index is 0.0630. The van der Waals surface area contributed by atoms with Crippen LogP contribution in [0.15, 0.2) is 30.3 Å². The second-order valence-corrected chi connectivity index (χ2v) is 5.13. The smallest absolute Gasteiger partial charge is 0.221 e. The van der Waals surface area contributed by atoms with E-state index in [4.69, 9.17) is 4.74 Å². The first-order valence-electron chi connectivity index (χ1n) is 6.33. The van der Waals surface area contributed by atoms with Crippen LogP contribution in [0.4, 0.5) is 0 Å². The Morgan fingerprint density at radius 1 is 1.53 bits per heavy atom. The summed E-state index contributed by atoms with van der Waals surface area (Å²) in [5, 5.41) is 22.2. The predicted molar refractivity (Wildman–Crippen MR) is 70.1 cm³/mol. The van der Waals surface area contributed by atoms with E-state index in [1.54, 1.807) is 31.2 Å². The molecule has 0 saturated carbocycles. The molecule has 1 aliphatic heterocycles. The molecule has 1 saturated heterocycles. The van der Waals surface area contributed by atoms with Crippen molar-refractivity contribution in [3.05, 3.63) is 41.1 Å². The fourth-order valence-corrected chi connectivity index (χ4v) is 2.73. The number of aliphatic hydroxyl groups is 1. The maximum Gasteiger partial charge on any atom is 0.221 e. The number of methoxy groups -OCH3 is 1. The molecule has 1 heterocycles. The van der Waals surface area contributed by atoms with E-state index >= 15 is 0 Å². The summed E-state index contributed by atoms with van der Waals surface area (Å²) in [6.07, 6.45) is -0.672. The summed E-state index contributed by atoms with van der Waals surface area (Å²) in [5.41, 5.74) is 0.507. The van der Waals surface area contributed by atoms with Gasteiger partial charge in [-0.3, -0.25) is 4.79 Å². The molecule has 1 aromatic carbocycles. The lowest BCUT2D eigenvalue weighted by atomic mass is 9.79. The number of ketones is 1. The molecule has 0 aromatic heterocycles. The molecule has 5 nitrogen and oxygen atoms in total. The van der Waals surface area contributed by atoms with Crippen LogP contribution in [-0.4, -0.2) is 48.1 Å². The fourth-order valence-electron chi connectivity index (χ4n) is 2.73. The van der Waals surface area contributed by atoms with Gasteiger partial charge in [-0.2, -0.15) is 0 Å². The van der Waals surface area contributed by atoms with Crippen LogP contribution >= 0.6 is 0 Å². The van der Waals surface area contributed by atoms with E-state index in [2.05, 4.69) is 0 Å². The number of benzene rings is 1. The van der Waals surface area contributed by atoms with Gasteiger partial charge in [0.15, 0.2) is 12.8 Å². The number of hydrogen-bond donors (Lipinski definition) is 1. The normalized spacial score (nSPS) is 31.6. The second kappa shape index (κ2) is 5.38. The van der Waals surface area contributed by atoms with Crippen molar-refractivity contribution < 1.29 is 19.3 Å². The molecule has 1 N–H and O–H groups in total. The number of ether oxygens (including phenoxy) is 1. The third-order valence-electron chi connectivity index (χ3n) is 3.73. The van der Waals surface area contributed by atoms with Crippen LogP contribution in [0.25, 0.3) is 0 Å². The molecular formula is C14H19NO4. The minimum Gasteiger partial charge on any atom is -0.631 e. The first kappa shape index (κ1) is 14.1. The van der Waals surface area contributed by atoms with Gasteiger partial charge in [-0.05, 0) is 6.92 Å². The van der Waals surface area contributed by atoms with Gasteiger partial charge >= 0.3 is 0 Å². The zero-order chi connectivity index (χ0) is 14.0. The second-order valence-electron chi connectivity index (χ2n) is 5.13. The topological polar surface area (TPSA) is 69.6 Å². The van der Waals surface area contributed by atoms with Gasteiger partial charge in [-0.25, -0.2) is 0 Å². The lowest BCUT2D eigenvalue weighted by Crippen LogP contribution is -2.73. The predicted octanol–water partition coefficient (Wildman–Crippen LogP) is 1.17. The first-order valence-corrected chi connectivity index (χ1v) is 6.33. The molecule has 1 aliphatic rings. The molecular weight excluding hydrogens is 246 g/mol. The van der Waals surface area contributed by atoms with Crippen LogP contribution in [0.5, 0.6) is 0 Å². The lowest BCUT2D eigenvalue weighted by Gasteiger charge is -2.59.